The first kappa shape index (κ1) is 22.9. The summed E-state index contributed by atoms with van der Waals surface area (Å²) in [4.78, 5) is 15.0. The average molecular weight is 439 g/mol. The summed E-state index contributed by atoms with van der Waals surface area (Å²) in [5, 5.41) is 10.8. The minimum atomic E-state index is -2.28. The molecular weight excluding hydrogens is 408 g/mol. The van der Waals surface area contributed by atoms with E-state index in [-0.39, 0.29) is 16.1 Å². The summed E-state index contributed by atoms with van der Waals surface area (Å²) in [6.45, 7) is 10.7. The summed E-state index contributed by atoms with van der Waals surface area (Å²) < 4.78 is 6.71. The van der Waals surface area contributed by atoms with Gasteiger partial charge in [0.15, 0.2) is 19.7 Å². The summed E-state index contributed by atoms with van der Waals surface area (Å²) in [5.74, 6) is 11.0. The number of carbonyl (C=O) groups excluding carboxylic acids is 1. The molecule has 5 heteroatoms. The van der Waals surface area contributed by atoms with Gasteiger partial charge in [0.05, 0.1) is 5.92 Å². The molecule has 1 saturated carbocycles. The van der Waals surface area contributed by atoms with E-state index in [0.717, 1.165) is 11.3 Å². The molecular formula is C25H30O3SSi. The predicted molar refractivity (Wildman–Crippen MR) is 126 cm³/mol. The molecule has 2 aliphatic rings. The highest BCUT2D eigenvalue weighted by atomic mass is 32.2. The molecule has 0 unspecified atom stereocenters. The van der Waals surface area contributed by atoms with Gasteiger partial charge in [-0.25, -0.2) is 0 Å². The molecule has 0 aliphatic heterocycles. The van der Waals surface area contributed by atoms with Crippen LogP contribution in [0.3, 0.4) is 0 Å². The number of aliphatic hydroxyl groups excluding tert-OH is 1. The molecule has 1 fully saturated rings. The number of hydrogen-bond donors (Lipinski definition) is 1. The number of thioether (sulfide) groups is 1. The predicted octanol–water partition coefficient (Wildman–Crippen LogP) is 4.82. The van der Waals surface area contributed by atoms with Crippen LogP contribution in [0, 0.1) is 29.6 Å². The van der Waals surface area contributed by atoms with Gasteiger partial charge in [0.25, 0.3) is 0 Å². The Bertz CT molecular complexity index is 940. The Hall–Kier alpha value is -1.76. The molecule has 1 aromatic carbocycles. The highest BCUT2D eigenvalue weighted by Gasteiger charge is 2.55. The maximum atomic E-state index is 13.9. The van der Waals surface area contributed by atoms with Gasteiger partial charge in [-0.2, -0.15) is 0 Å². The average Bonchev–Trinajstić information content (AvgIpc) is 2.66. The highest BCUT2D eigenvalue weighted by Crippen LogP contribution is 2.46. The largest absolute Gasteiger partial charge is 0.395 e. The Labute approximate surface area is 185 Å². The zero-order valence-corrected chi connectivity index (χ0v) is 20.2. The van der Waals surface area contributed by atoms with E-state index < -0.39 is 25.9 Å². The highest BCUT2D eigenvalue weighted by molar-refractivity contribution is 8.00. The first-order valence-electron chi connectivity index (χ1n) is 10.4. The molecule has 0 amide bonds. The number of ketones is 1. The van der Waals surface area contributed by atoms with Crippen molar-refractivity contribution in [1.29, 1.82) is 0 Å². The molecule has 0 saturated heterocycles. The molecule has 4 atom stereocenters. The molecule has 1 N–H and O–H groups in total. The summed E-state index contributed by atoms with van der Waals surface area (Å²) in [6.07, 6.45) is 3.46. The van der Waals surface area contributed by atoms with E-state index in [2.05, 4.69) is 57.5 Å². The van der Waals surface area contributed by atoms with Gasteiger partial charge >= 0.3 is 0 Å². The number of Topliss-reactive ketones (excluding diaryl/α,β-unsaturated/α-hetero) is 1. The van der Waals surface area contributed by atoms with Crippen LogP contribution in [0.5, 0.6) is 0 Å². The van der Waals surface area contributed by atoms with Gasteiger partial charge in [0, 0.05) is 10.1 Å². The van der Waals surface area contributed by atoms with Crippen molar-refractivity contribution in [2.75, 3.05) is 0 Å². The maximum absolute atomic E-state index is 13.9. The number of fused-ring (bicyclic) bond motifs is 2. The lowest BCUT2D eigenvalue weighted by atomic mass is 9.74. The van der Waals surface area contributed by atoms with E-state index in [1.165, 1.54) is 0 Å². The van der Waals surface area contributed by atoms with E-state index >= 15 is 0 Å². The molecule has 1 aromatic rings. The van der Waals surface area contributed by atoms with Crippen LogP contribution in [0.15, 0.2) is 47.4 Å². The lowest BCUT2D eigenvalue weighted by Crippen LogP contribution is -2.59. The third-order valence-electron chi connectivity index (χ3n) is 6.24. The lowest BCUT2D eigenvalue weighted by Gasteiger charge is -2.47. The first-order valence-corrected chi connectivity index (χ1v) is 14.2. The Morgan fingerprint density at radius 1 is 1.17 bits per heavy atom. The normalized spacial score (nSPS) is 29.8. The fraction of sp³-hybridized carbons (Fsp3) is 0.480. The van der Waals surface area contributed by atoms with Gasteiger partial charge in [-0.05, 0) is 55.3 Å². The molecule has 3 nitrogen and oxygen atoms in total. The fourth-order valence-electron chi connectivity index (χ4n) is 3.54. The zero-order valence-electron chi connectivity index (χ0n) is 18.4. The zero-order chi connectivity index (χ0) is 22.0. The van der Waals surface area contributed by atoms with Crippen molar-refractivity contribution in [2.24, 2.45) is 5.92 Å². The van der Waals surface area contributed by atoms with Crippen LogP contribution >= 0.6 is 11.8 Å². The van der Waals surface area contributed by atoms with E-state index in [4.69, 9.17) is 4.43 Å². The van der Waals surface area contributed by atoms with Gasteiger partial charge in [-0.15, -0.1) is 11.8 Å². The smallest absolute Gasteiger partial charge is 0.194 e. The van der Waals surface area contributed by atoms with E-state index in [0.29, 0.717) is 6.42 Å². The van der Waals surface area contributed by atoms with Crippen molar-refractivity contribution >= 4 is 25.9 Å². The van der Waals surface area contributed by atoms with Crippen molar-refractivity contribution < 1.29 is 14.3 Å². The summed E-state index contributed by atoms with van der Waals surface area (Å²) in [7, 11) is -2.28. The summed E-state index contributed by atoms with van der Waals surface area (Å²) in [5.41, 5.74) is -1.19. The van der Waals surface area contributed by atoms with Crippen LogP contribution < -0.4 is 0 Å². The van der Waals surface area contributed by atoms with Crippen LogP contribution in [0.2, 0.25) is 18.1 Å². The van der Waals surface area contributed by atoms with E-state index in [1.807, 2.05) is 30.3 Å². The van der Waals surface area contributed by atoms with Crippen LogP contribution in [0.1, 0.15) is 33.6 Å². The second-order valence-corrected chi connectivity index (χ2v) is 15.5. The fourth-order valence-corrected chi connectivity index (χ4v) is 6.29. The lowest BCUT2D eigenvalue weighted by molar-refractivity contribution is -0.141. The van der Waals surface area contributed by atoms with E-state index in [1.54, 1.807) is 23.9 Å². The number of aliphatic hydroxyl groups is 1. The standard InChI is InChI=1S/C25H30O3SSi/c1-24(2,3)30(4,5)28-25-17-12-7-6-11-15-20(26)22(23(25)27)21(16-18-25)29-19-13-9-8-10-14-19/h6-10,13-14,20-22,26H,16,18H2,1-5H3/b7-6-/t20-,21+,22-,25-/m1/s1. The Morgan fingerprint density at radius 2 is 1.83 bits per heavy atom. The van der Waals surface area contributed by atoms with Crippen LogP contribution in [-0.4, -0.2) is 36.2 Å². The summed E-state index contributed by atoms with van der Waals surface area (Å²) in [6, 6.07) is 10.0. The second-order valence-electron chi connectivity index (χ2n) is 9.42. The number of allylic oxidation sites excluding steroid dienone is 2. The van der Waals surface area contributed by atoms with Gasteiger partial charge in [-0.3, -0.25) is 4.79 Å². The van der Waals surface area contributed by atoms with Gasteiger partial charge in [0.2, 0.25) is 0 Å². The third kappa shape index (κ3) is 4.76. The molecule has 0 radical (unpaired) electrons. The Morgan fingerprint density at radius 3 is 2.50 bits per heavy atom. The topological polar surface area (TPSA) is 46.5 Å². The number of rotatable bonds is 4. The van der Waals surface area contributed by atoms with Gasteiger partial charge < -0.3 is 9.53 Å². The van der Waals surface area contributed by atoms with Crippen molar-refractivity contribution in [2.45, 2.75) is 73.6 Å². The van der Waals surface area contributed by atoms with Crippen molar-refractivity contribution in [3.05, 3.63) is 42.5 Å². The maximum Gasteiger partial charge on any atom is 0.194 e. The molecule has 0 heterocycles. The van der Waals surface area contributed by atoms with Crippen LogP contribution in [0.25, 0.3) is 0 Å². The molecule has 158 valence electrons. The molecule has 3 rings (SSSR count). The third-order valence-corrected chi connectivity index (χ3v) is 12.1. The second kappa shape index (κ2) is 8.77. The quantitative estimate of drug-likeness (QED) is 0.541. The summed E-state index contributed by atoms with van der Waals surface area (Å²) >= 11 is 1.63. The number of benzene rings is 1. The molecule has 2 bridgehead atoms. The van der Waals surface area contributed by atoms with Crippen molar-refractivity contribution in [1.82, 2.24) is 0 Å². The monoisotopic (exact) mass is 438 g/mol. The Kier molecular flexibility index (Phi) is 6.70. The van der Waals surface area contributed by atoms with Gasteiger partial charge in [-0.1, -0.05) is 62.7 Å². The number of carbonyl (C=O) groups is 1. The molecule has 0 spiro atoms. The van der Waals surface area contributed by atoms with Crippen molar-refractivity contribution in [3.8, 4) is 23.7 Å². The molecule has 0 aromatic heterocycles. The van der Waals surface area contributed by atoms with E-state index in [9.17, 15) is 9.90 Å². The van der Waals surface area contributed by atoms with Gasteiger partial charge in [0.1, 0.15) is 6.10 Å². The Balaban J connectivity index is 2.02. The van der Waals surface area contributed by atoms with Crippen molar-refractivity contribution in [3.63, 3.8) is 0 Å². The SMILES string of the molecule is CC(C)(C)[Si](C)(C)O[C@@]12C#C/C=C\C#C[C@@H](O)[C@@H](C1=O)[C@@H](Sc1ccccc1)CC2. The minimum absolute atomic E-state index is 0.0571. The van der Waals surface area contributed by atoms with Crippen LogP contribution in [-0.2, 0) is 9.22 Å². The first-order chi connectivity index (χ1) is 14.1. The number of hydrogen-bond acceptors (Lipinski definition) is 4. The van der Waals surface area contributed by atoms with Crippen LogP contribution in [0.4, 0.5) is 0 Å². The molecule has 2 aliphatic carbocycles. The minimum Gasteiger partial charge on any atom is -0.395 e. The molecule has 30 heavy (non-hydrogen) atoms.